The highest BCUT2D eigenvalue weighted by Gasteiger charge is 2.17. The molecule has 158 valence electrons. The van der Waals surface area contributed by atoms with Crippen LogP contribution >= 0.6 is 11.3 Å². The number of thiazole rings is 1. The van der Waals surface area contributed by atoms with E-state index in [1.165, 1.54) is 11.3 Å². The van der Waals surface area contributed by atoms with E-state index in [0.29, 0.717) is 12.0 Å². The van der Waals surface area contributed by atoms with Crippen LogP contribution < -0.4 is 16.0 Å². The van der Waals surface area contributed by atoms with Crippen LogP contribution in [0.4, 0.5) is 16.9 Å². The molecule has 0 bridgehead atoms. The van der Waals surface area contributed by atoms with E-state index >= 15 is 0 Å². The van der Waals surface area contributed by atoms with Crippen LogP contribution in [0.2, 0.25) is 0 Å². The van der Waals surface area contributed by atoms with Crippen molar-refractivity contribution < 1.29 is 4.74 Å². The molecular weight excluding hydrogens is 400 g/mol. The molecule has 0 unspecified atom stereocenters. The number of fused-ring (bicyclic) bond motifs is 1. The second-order valence-electron chi connectivity index (χ2n) is 7.60. The Kier molecular flexibility index (Phi) is 5.98. The molecule has 5 rings (SSSR count). The van der Waals surface area contributed by atoms with Gasteiger partial charge in [0.05, 0.1) is 18.9 Å². The fourth-order valence-corrected chi connectivity index (χ4v) is 4.59. The summed E-state index contributed by atoms with van der Waals surface area (Å²) in [5, 5.41) is 11.1. The molecule has 0 aliphatic carbocycles. The Balaban J connectivity index is 1.38. The first-order valence-corrected chi connectivity index (χ1v) is 11.3. The lowest BCUT2D eigenvalue weighted by Gasteiger charge is -2.27. The van der Waals surface area contributed by atoms with E-state index in [1.807, 2.05) is 18.2 Å². The molecule has 0 radical (unpaired) electrons. The van der Waals surface area contributed by atoms with E-state index < -0.39 is 0 Å². The first-order valence-electron chi connectivity index (χ1n) is 10.5. The molecule has 0 saturated carbocycles. The van der Waals surface area contributed by atoms with Gasteiger partial charge < -0.3 is 20.7 Å². The lowest BCUT2D eigenvalue weighted by atomic mass is 10.1. The number of pyridine rings is 1. The number of ether oxygens (including phenoxy) is 1. The van der Waals surface area contributed by atoms with Crippen molar-refractivity contribution in [1.82, 2.24) is 30.2 Å². The van der Waals surface area contributed by atoms with Gasteiger partial charge in [-0.3, -0.25) is 4.90 Å². The van der Waals surface area contributed by atoms with E-state index in [1.54, 1.807) is 6.20 Å². The molecule has 3 aromatic heterocycles. The molecule has 0 aromatic carbocycles. The van der Waals surface area contributed by atoms with Gasteiger partial charge in [-0.15, -0.1) is 0 Å². The molecule has 2 fully saturated rings. The largest absolute Gasteiger partial charge is 0.379 e. The molecule has 2 saturated heterocycles. The minimum atomic E-state index is 0.393. The first-order chi connectivity index (χ1) is 14.8. The first kappa shape index (κ1) is 19.6. The molecule has 5 heterocycles. The van der Waals surface area contributed by atoms with E-state index in [4.69, 9.17) is 14.7 Å². The number of hydrogen-bond donors (Lipinski definition) is 3. The lowest BCUT2D eigenvalue weighted by Crippen LogP contribution is -2.36. The van der Waals surface area contributed by atoms with Gasteiger partial charge in [-0.1, -0.05) is 11.3 Å². The van der Waals surface area contributed by atoms with Crippen molar-refractivity contribution in [2.75, 3.05) is 50.0 Å². The maximum Gasteiger partial charge on any atom is 0.225 e. The zero-order valence-electron chi connectivity index (χ0n) is 16.8. The summed E-state index contributed by atoms with van der Waals surface area (Å²) in [5.74, 6) is 1.43. The van der Waals surface area contributed by atoms with Gasteiger partial charge in [0.15, 0.2) is 5.13 Å². The molecule has 30 heavy (non-hydrogen) atoms. The van der Waals surface area contributed by atoms with Crippen LogP contribution in [0, 0.1) is 0 Å². The van der Waals surface area contributed by atoms with Crippen LogP contribution in [0.25, 0.3) is 10.3 Å². The highest BCUT2D eigenvalue weighted by atomic mass is 32.1. The lowest BCUT2D eigenvalue weighted by molar-refractivity contribution is 0.0336. The molecule has 0 amide bonds. The summed E-state index contributed by atoms with van der Waals surface area (Å²) in [6.07, 6.45) is 3.93. The van der Waals surface area contributed by atoms with Gasteiger partial charge in [-0.25, -0.2) is 15.0 Å². The van der Waals surface area contributed by atoms with Crippen LogP contribution in [0.5, 0.6) is 0 Å². The number of piperidine rings is 1. The topological polar surface area (TPSA) is 100 Å². The molecule has 3 N–H and O–H groups in total. The Hall–Kier alpha value is -2.40. The second-order valence-corrected chi connectivity index (χ2v) is 8.57. The third-order valence-corrected chi connectivity index (χ3v) is 6.24. The van der Waals surface area contributed by atoms with Crippen LogP contribution in [0.1, 0.15) is 18.5 Å². The Morgan fingerprint density at radius 3 is 2.87 bits per heavy atom. The van der Waals surface area contributed by atoms with Gasteiger partial charge in [0.1, 0.15) is 16.2 Å². The molecule has 2 aliphatic heterocycles. The predicted molar refractivity (Wildman–Crippen MR) is 118 cm³/mol. The molecule has 0 spiro atoms. The minimum absolute atomic E-state index is 0.393. The van der Waals surface area contributed by atoms with E-state index in [-0.39, 0.29) is 0 Å². The van der Waals surface area contributed by atoms with Gasteiger partial charge in [0.25, 0.3) is 0 Å². The Bertz CT molecular complexity index is 913. The van der Waals surface area contributed by atoms with Gasteiger partial charge in [-0.05, 0) is 38.1 Å². The third-order valence-electron chi connectivity index (χ3n) is 5.34. The number of nitrogens with zero attached hydrogens (tertiary/aromatic N) is 5. The van der Waals surface area contributed by atoms with Gasteiger partial charge >= 0.3 is 0 Å². The fraction of sp³-hybridized carbons (Fsp3) is 0.500. The van der Waals surface area contributed by atoms with E-state index in [9.17, 15) is 0 Å². The zero-order chi connectivity index (χ0) is 20.2. The summed E-state index contributed by atoms with van der Waals surface area (Å²) in [4.78, 5) is 21.8. The summed E-state index contributed by atoms with van der Waals surface area (Å²) in [7, 11) is 0. The Labute approximate surface area is 179 Å². The van der Waals surface area contributed by atoms with Crippen molar-refractivity contribution in [3.05, 3.63) is 30.1 Å². The average Bonchev–Trinajstić information content (AvgIpc) is 3.17. The zero-order valence-corrected chi connectivity index (χ0v) is 17.6. The molecule has 0 atom stereocenters. The predicted octanol–water partition coefficient (Wildman–Crippen LogP) is 2.22. The maximum absolute atomic E-state index is 5.48. The SMILES string of the molecule is c1cnc2sc(Nc3cc(CN4CCOCC4)nc(NC4CCNCC4)n3)nc2c1. The summed E-state index contributed by atoms with van der Waals surface area (Å²) in [6.45, 7) is 6.22. The highest BCUT2D eigenvalue weighted by molar-refractivity contribution is 7.21. The number of nitrogens with one attached hydrogen (secondary N) is 3. The molecular formula is C20H26N8OS. The minimum Gasteiger partial charge on any atom is -0.379 e. The summed E-state index contributed by atoms with van der Waals surface area (Å²) < 4.78 is 5.48. The Morgan fingerprint density at radius 1 is 1.17 bits per heavy atom. The molecule has 2 aliphatic rings. The van der Waals surface area contributed by atoms with E-state index in [2.05, 4.69) is 30.8 Å². The van der Waals surface area contributed by atoms with Crippen LogP contribution in [-0.4, -0.2) is 70.3 Å². The van der Waals surface area contributed by atoms with Crippen LogP contribution in [0.3, 0.4) is 0 Å². The second kappa shape index (κ2) is 9.17. The van der Waals surface area contributed by atoms with Crippen molar-refractivity contribution >= 4 is 38.6 Å². The van der Waals surface area contributed by atoms with Crippen molar-refractivity contribution in [2.24, 2.45) is 0 Å². The van der Waals surface area contributed by atoms with Crippen molar-refractivity contribution in [3.63, 3.8) is 0 Å². The number of rotatable bonds is 6. The molecule has 3 aromatic rings. The summed E-state index contributed by atoms with van der Waals surface area (Å²) in [5.41, 5.74) is 1.88. The standard InChI is InChI=1S/C20H26N8OS/c1-2-16-18(22-5-1)30-20(25-16)27-17-12-15(13-28-8-10-29-11-9-28)24-19(26-17)23-14-3-6-21-7-4-14/h1-2,5,12,14,21H,3-4,6-11,13H2,(H2,23,24,25,26,27). The third kappa shape index (κ3) is 4.84. The van der Waals surface area contributed by atoms with Gasteiger partial charge in [0.2, 0.25) is 5.95 Å². The van der Waals surface area contributed by atoms with Crippen molar-refractivity contribution in [1.29, 1.82) is 0 Å². The summed E-state index contributed by atoms with van der Waals surface area (Å²) in [6, 6.07) is 6.28. The number of morpholine rings is 1. The average molecular weight is 427 g/mol. The Morgan fingerprint density at radius 2 is 2.03 bits per heavy atom. The maximum atomic E-state index is 5.48. The normalized spacial score (nSPS) is 18.5. The van der Waals surface area contributed by atoms with Gasteiger partial charge in [-0.2, -0.15) is 4.98 Å². The number of anilines is 3. The monoisotopic (exact) mass is 426 g/mol. The van der Waals surface area contributed by atoms with Crippen LogP contribution in [0.15, 0.2) is 24.4 Å². The highest BCUT2D eigenvalue weighted by Crippen LogP contribution is 2.27. The molecule has 9 nitrogen and oxygen atoms in total. The number of hydrogen-bond acceptors (Lipinski definition) is 10. The smallest absolute Gasteiger partial charge is 0.225 e. The summed E-state index contributed by atoms with van der Waals surface area (Å²) >= 11 is 1.53. The fourth-order valence-electron chi connectivity index (χ4n) is 3.78. The van der Waals surface area contributed by atoms with E-state index in [0.717, 1.165) is 85.8 Å². The molecule has 10 heteroatoms. The van der Waals surface area contributed by atoms with Crippen LogP contribution in [-0.2, 0) is 11.3 Å². The number of aromatic nitrogens is 4. The quantitative estimate of drug-likeness (QED) is 0.548. The van der Waals surface area contributed by atoms with Crippen molar-refractivity contribution in [3.8, 4) is 0 Å². The van der Waals surface area contributed by atoms with Gasteiger partial charge in [0, 0.05) is 37.9 Å². The van der Waals surface area contributed by atoms with Crippen molar-refractivity contribution in [2.45, 2.75) is 25.4 Å².